The molecule has 0 aliphatic heterocycles. The van der Waals surface area contributed by atoms with Gasteiger partial charge in [0.25, 0.3) is 5.56 Å². The third-order valence-electron chi connectivity index (χ3n) is 4.97. The lowest BCUT2D eigenvalue weighted by atomic mass is 10.2. The summed E-state index contributed by atoms with van der Waals surface area (Å²) >= 11 is 4.28. The van der Waals surface area contributed by atoms with E-state index >= 15 is 0 Å². The summed E-state index contributed by atoms with van der Waals surface area (Å²) in [6.45, 7) is 2.11. The molecule has 32 heavy (non-hydrogen) atoms. The minimum Gasteiger partial charge on any atom is -0.310 e. The average Bonchev–Trinajstić information content (AvgIpc) is 3.48. The molecule has 3 heterocycles. The van der Waals surface area contributed by atoms with Gasteiger partial charge in [0.1, 0.15) is 4.83 Å². The van der Waals surface area contributed by atoms with Crippen LogP contribution in [0.5, 0.6) is 0 Å². The standard InChI is InChI=1S/C23H20N4O2S3/c1-15(21(28)27(12-7-11-24)16-8-4-3-5-9-16)32-23-25-20-19(22(29)26(23)2)17(14-31-20)18-10-6-13-30-18/h3-6,8-10,13-15H,7,12H2,1-2H3. The van der Waals surface area contributed by atoms with E-state index < -0.39 is 5.25 Å². The van der Waals surface area contributed by atoms with Crippen molar-refractivity contribution in [2.45, 2.75) is 23.8 Å². The van der Waals surface area contributed by atoms with Crippen LogP contribution in [-0.4, -0.2) is 27.3 Å². The molecule has 0 aliphatic carbocycles. The van der Waals surface area contributed by atoms with Gasteiger partial charge < -0.3 is 4.90 Å². The first-order chi connectivity index (χ1) is 15.5. The minimum absolute atomic E-state index is 0.119. The molecule has 1 atom stereocenters. The van der Waals surface area contributed by atoms with Gasteiger partial charge in [0, 0.05) is 35.1 Å². The molecular weight excluding hydrogens is 460 g/mol. The smallest absolute Gasteiger partial charge is 0.263 e. The van der Waals surface area contributed by atoms with Gasteiger partial charge >= 0.3 is 0 Å². The van der Waals surface area contributed by atoms with Crippen LogP contribution < -0.4 is 10.5 Å². The first-order valence-corrected chi connectivity index (χ1v) is 12.6. The molecule has 6 nitrogen and oxygen atoms in total. The number of hydrogen-bond acceptors (Lipinski definition) is 7. The summed E-state index contributed by atoms with van der Waals surface area (Å²) in [4.78, 5) is 34.5. The topological polar surface area (TPSA) is 79.0 Å². The van der Waals surface area contributed by atoms with Crippen molar-refractivity contribution in [1.82, 2.24) is 9.55 Å². The highest BCUT2D eigenvalue weighted by molar-refractivity contribution is 8.00. The van der Waals surface area contributed by atoms with Gasteiger partial charge in [0.2, 0.25) is 5.91 Å². The van der Waals surface area contributed by atoms with Crippen LogP contribution in [0, 0.1) is 11.3 Å². The molecule has 0 fully saturated rings. The van der Waals surface area contributed by atoms with E-state index in [1.165, 1.54) is 27.7 Å². The number of para-hydroxylation sites is 1. The SMILES string of the molecule is CC(Sc1nc2scc(-c3cccs3)c2c(=O)n1C)C(=O)N(CCC#N)c1ccccc1. The molecule has 9 heteroatoms. The molecule has 4 rings (SSSR count). The number of nitriles is 1. The second-order valence-corrected chi connectivity index (χ2v) is 10.2. The van der Waals surface area contributed by atoms with Gasteiger partial charge in [-0.3, -0.25) is 14.2 Å². The Morgan fingerprint density at radius 2 is 2.03 bits per heavy atom. The van der Waals surface area contributed by atoms with Crippen molar-refractivity contribution in [3.63, 3.8) is 0 Å². The van der Waals surface area contributed by atoms with Crippen LogP contribution >= 0.6 is 34.4 Å². The normalized spacial score (nSPS) is 11.9. The summed E-state index contributed by atoms with van der Waals surface area (Å²) in [6.07, 6.45) is 0.238. The molecule has 0 radical (unpaired) electrons. The molecule has 0 saturated heterocycles. The number of benzene rings is 1. The van der Waals surface area contributed by atoms with Gasteiger partial charge in [-0.2, -0.15) is 5.26 Å². The Morgan fingerprint density at radius 1 is 1.25 bits per heavy atom. The number of carbonyl (C=O) groups excluding carboxylic acids is 1. The number of rotatable bonds is 7. The van der Waals surface area contributed by atoms with Gasteiger partial charge in [-0.05, 0) is 30.5 Å². The van der Waals surface area contributed by atoms with Crippen LogP contribution in [0.25, 0.3) is 20.7 Å². The molecule has 0 saturated carbocycles. The number of carbonyl (C=O) groups is 1. The second-order valence-electron chi connectivity index (χ2n) is 7.06. The van der Waals surface area contributed by atoms with Gasteiger partial charge in [0.15, 0.2) is 5.16 Å². The lowest BCUT2D eigenvalue weighted by Gasteiger charge is -2.25. The maximum atomic E-state index is 13.3. The highest BCUT2D eigenvalue weighted by Crippen LogP contribution is 2.35. The van der Waals surface area contributed by atoms with E-state index in [4.69, 9.17) is 10.2 Å². The van der Waals surface area contributed by atoms with Crippen molar-refractivity contribution >= 4 is 56.2 Å². The van der Waals surface area contributed by atoms with Crippen molar-refractivity contribution in [1.29, 1.82) is 5.26 Å². The Kier molecular flexibility index (Phi) is 6.74. The molecule has 0 N–H and O–H groups in total. The Hall–Kier alpha value is -2.93. The minimum atomic E-state index is -0.485. The highest BCUT2D eigenvalue weighted by Gasteiger charge is 2.25. The summed E-state index contributed by atoms with van der Waals surface area (Å²) in [5.41, 5.74) is 1.53. The van der Waals surface area contributed by atoms with E-state index in [0.29, 0.717) is 21.9 Å². The Balaban J connectivity index is 1.64. The van der Waals surface area contributed by atoms with Crippen molar-refractivity contribution in [2.24, 2.45) is 7.05 Å². The molecule has 0 spiro atoms. The fourth-order valence-corrected chi connectivity index (χ4v) is 6.08. The fraction of sp³-hybridized carbons (Fsp3) is 0.217. The zero-order chi connectivity index (χ0) is 22.7. The predicted octanol–water partition coefficient (Wildman–Crippen LogP) is 5.15. The third kappa shape index (κ3) is 4.35. The number of fused-ring (bicyclic) bond motifs is 1. The van der Waals surface area contributed by atoms with Gasteiger partial charge in [-0.1, -0.05) is 36.0 Å². The van der Waals surface area contributed by atoms with Crippen LogP contribution in [0.2, 0.25) is 0 Å². The van der Waals surface area contributed by atoms with Gasteiger partial charge in [0.05, 0.1) is 23.1 Å². The molecule has 1 amide bonds. The number of aromatic nitrogens is 2. The molecule has 0 aliphatic rings. The highest BCUT2D eigenvalue weighted by atomic mass is 32.2. The number of amides is 1. The summed E-state index contributed by atoms with van der Waals surface area (Å²) in [5.74, 6) is -0.128. The van der Waals surface area contributed by atoms with Crippen LogP contribution in [0.3, 0.4) is 0 Å². The first kappa shape index (κ1) is 22.3. The quantitative estimate of drug-likeness (QED) is 0.270. The molecule has 1 aromatic carbocycles. The number of hydrogen-bond donors (Lipinski definition) is 0. The molecular formula is C23H20N4O2S3. The Labute approximate surface area is 197 Å². The maximum absolute atomic E-state index is 13.3. The lowest BCUT2D eigenvalue weighted by molar-refractivity contribution is -0.117. The van der Waals surface area contributed by atoms with E-state index in [0.717, 1.165) is 16.1 Å². The third-order valence-corrected chi connectivity index (χ3v) is 7.88. The van der Waals surface area contributed by atoms with Crippen LogP contribution in [-0.2, 0) is 11.8 Å². The number of thiophene rings is 2. The second kappa shape index (κ2) is 9.69. The fourth-order valence-electron chi connectivity index (χ4n) is 3.34. The number of thioether (sulfide) groups is 1. The molecule has 0 bridgehead atoms. The summed E-state index contributed by atoms with van der Waals surface area (Å²) in [5, 5.41) is 13.6. The van der Waals surface area contributed by atoms with Crippen molar-refractivity contribution in [3.05, 3.63) is 63.6 Å². The number of nitrogens with zero attached hydrogens (tertiary/aromatic N) is 4. The summed E-state index contributed by atoms with van der Waals surface area (Å²) in [7, 11) is 1.69. The van der Waals surface area contributed by atoms with E-state index in [9.17, 15) is 9.59 Å². The number of anilines is 1. The molecule has 162 valence electrons. The zero-order valence-corrected chi connectivity index (χ0v) is 20.0. The van der Waals surface area contributed by atoms with E-state index in [2.05, 4.69) is 6.07 Å². The van der Waals surface area contributed by atoms with E-state index in [1.807, 2.05) is 53.2 Å². The Morgan fingerprint density at radius 3 is 2.72 bits per heavy atom. The summed E-state index contributed by atoms with van der Waals surface area (Å²) in [6, 6.07) is 15.4. The van der Waals surface area contributed by atoms with Crippen molar-refractivity contribution in [3.8, 4) is 16.5 Å². The predicted molar refractivity (Wildman–Crippen MR) is 133 cm³/mol. The van der Waals surface area contributed by atoms with Crippen molar-refractivity contribution < 1.29 is 4.79 Å². The molecule has 1 unspecified atom stereocenters. The average molecular weight is 481 g/mol. The first-order valence-electron chi connectivity index (χ1n) is 9.93. The maximum Gasteiger partial charge on any atom is 0.263 e. The molecule has 3 aromatic heterocycles. The monoisotopic (exact) mass is 480 g/mol. The van der Waals surface area contributed by atoms with Crippen LogP contribution in [0.4, 0.5) is 5.69 Å². The summed E-state index contributed by atoms with van der Waals surface area (Å²) < 4.78 is 1.52. The van der Waals surface area contributed by atoms with Crippen molar-refractivity contribution in [2.75, 3.05) is 11.4 Å². The van der Waals surface area contributed by atoms with Gasteiger partial charge in [-0.25, -0.2) is 4.98 Å². The zero-order valence-electron chi connectivity index (χ0n) is 17.5. The van der Waals surface area contributed by atoms with Crippen LogP contribution in [0.1, 0.15) is 13.3 Å². The van der Waals surface area contributed by atoms with E-state index in [1.54, 1.807) is 30.2 Å². The van der Waals surface area contributed by atoms with Gasteiger partial charge in [-0.15, -0.1) is 22.7 Å². The van der Waals surface area contributed by atoms with Crippen LogP contribution in [0.15, 0.2) is 63.2 Å². The Bertz CT molecular complexity index is 1340. The van der Waals surface area contributed by atoms with E-state index in [-0.39, 0.29) is 17.9 Å². The molecule has 4 aromatic rings. The largest absolute Gasteiger partial charge is 0.310 e. The lowest BCUT2D eigenvalue weighted by Crippen LogP contribution is -2.37.